The van der Waals surface area contributed by atoms with Gasteiger partial charge in [-0.3, -0.25) is 0 Å². The third-order valence-electron chi connectivity index (χ3n) is 5.63. The van der Waals surface area contributed by atoms with Crippen LogP contribution in [-0.2, 0) is 0 Å². The first-order chi connectivity index (χ1) is 14.1. The number of aromatic nitrogens is 2. The molecule has 0 spiro atoms. The Labute approximate surface area is 169 Å². The monoisotopic (exact) mass is 387 g/mol. The molecule has 1 aromatic heterocycles. The van der Waals surface area contributed by atoms with Crippen LogP contribution in [0.3, 0.4) is 0 Å². The predicted octanol–water partition coefficient (Wildman–Crippen LogP) is 4.77. The number of hydrogen-bond acceptors (Lipinski definition) is 5. The molecule has 0 radical (unpaired) electrons. The van der Waals surface area contributed by atoms with Gasteiger partial charge in [-0.2, -0.15) is 0 Å². The van der Waals surface area contributed by atoms with E-state index in [1.54, 1.807) is 18.5 Å². The molecule has 0 saturated carbocycles. The summed E-state index contributed by atoms with van der Waals surface area (Å²) in [5.41, 5.74) is 5.21. The summed E-state index contributed by atoms with van der Waals surface area (Å²) in [6.45, 7) is 3.98. The number of hydrogen-bond donors (Lipinski definition) is 0. The fourth-order valence-electron chi connectivity index (χ4n) is 4.07. The lowest BCUT2D eigenvalue weighted by atomic mass is 9.99. The fraction of sp³-hybridized carbons (Fsp3) is 0.261. The highest BCUT2D eigenvalue weighted by Crippen LogP contribution is 2.43. The van der Waals surface area contributed by atoms with E-state index in [0.29, 0.717) is 0 Å². The van der Waals surface area contributed by atoms with Gasteiger partial charge in [0.2, 0.25) is 0 Å². The van der Waals surface area contributed by atoms with E-state index in [1.165, 1.54) is 11.6 Å². The number of fused-ring (bicyclic) bond motifs is 2. The fourth-order valence-corrected chi connectivity index (χ4v) is 4.07. The highest BCUT2D eigenvalue weighted by molar-refractivity contribution is 6.19. The van der Waals surface area contributed by atoms with Gasteiger partial charge in [0.1, 0.15) is 17.8 Å². The lowest BCUT2D eigenvalue weighted by molar-refractivity contribution is 0.627. The Kier molecular flexibility index (Phi) is 4.27. The number of anilines is 3. The maximum Gasteiger partial charge on any atom is 0.164 e. The van der Waals surface area contributed by atoms with E-state index in [1.807, 2.05) is 24.1 Å². The average Bonchev–Trinajstić information content (AvgIpc) is 3.23. The quantitative estimate of drug-likeness (QED) is 0.635. The molecule has 1 fully saturated rings. The Morgan fingerprint density at radius 3 is 2.41 bits per heavy atom. The van der Waals surface area contributed by atoms with Crippen molar-refractivity contribution in [2.75, 3.05) is 29.9 Å². The number of aliphatic imine (C=N–C) groups is 1. The Morgan fingerprint density at radius 1 is 0.931 bits per heavy atom. The lowest BCUT2D eigenvalue weighted by Gasteiger charge is -2.23. The number of nitrogens with zero attached hydrogens (tertiary/aromatic N) is 5. The van der Waals surface area contributed by atoms with Crippen LogP contribution in [0, 0.1) is 12.7 Å². The van der Waals surface area contributed by atoms with Crippen LogP contribution in [0.1, 0.15) is 29.5 Å². The normalized spacial score (nSPS) is 15.6. The Morgan fingerprint density at radius 2 is 1.66 bits per heavy atom. The van der Waals surface area contributed by atoms with Gasteiger partial charge >= 0.3 is 0 Å². The maximum absolute atomic E-state index is 14.3. The van der Waals surface area contributed by atoms with Crippen molar-refractivity contribution in [3.05, 3.63) is 71.3 Å². The molecular formula is C23H22FN5. The third kappa shape index (κ3) is 3.05. The minimum Gasteiger partial charge on any atom is -0.355 e. The van der Waals surface area contributed by atoms with Gasteiger partial charge in [0.15, 0.2) is 11.6 Å². The zero-order valence-electron chi connectivity index (χ0n) is 16.6. The van der Waals surface area contributed by atoms with Crippen LogP contribution in [0.25, 0.3) is 0 Å². The minimum atomic E-state index is -0.284. The first kappa shape index (κ1) is 17.8. The number of aryl methyl sites for hydroxylation is 1. The van der Waals surface area contributed by atoms with E-state index >= 15 is 0 Å². The zero-order chi connectivity index (χ0) is 20.0. The molecule has 0 unspecified atom stereocenters. The molecule has 29 heavy (non-hydrogen) atoms. The highest BCUT2D eigenvalue weighted by atomic mass is 19.1. The van der Waals surface area contributed by atoms with E-state index < -0.39 is 0 Å². The highest BCUT2D eigenvalue weighted by Gasteiger charge is 2.28. The molecule has 146 valence electrons. The standard InChI is InChI=1S/C23H22FN5/c1-15-5-7-16(8-6-15)20-18-13-17(24)9-10-19(18)28(2)22-21(27-20)23(26-14-25-22)29-11-3-4-12-29/h5-10,13-14H,3-4,11-12H2,1-2H3. The molecule has 0 atom stereocenters. The molecule has 5 nitrogen and oxygen atoms in total. The van der Waals surface area contributed by atoms with Gasteiger partial charge < -0.3 is 9.80 Å². The molecule has 2 aliphatic rings. The van der Waals surface area contributed by atoms with Crippen LogP contribution in [0.5, 0.6) is 0 Å². The second-order valence-electron chi connectivity index (χ2n) is 7.61. The van der Waals surface area contributed by atoms with Crippen LogP contribution < -0.4 is 9.80 Å². The average molecular weight is 387 g/mol. The number of rotatable bonds is 2. The maximum atomic E-state index is 14.3. The molecular weight excluding hydrogens is 365 g/mol. The van der Waals surface area contributed by atoms with Gasteiger partial charge in [0.05, 0.1) is 11.4 Å². The lowest BCUT2D eigenvalue weighted by Crippen LogP contribution is -2.20. The van der Waals surface area contributed by atoms with Crippen molar-refractivity contribution in [3.8, 4) is 0 Å². The van der Waals surface area contributed by atoms with Crippen LogP contribution in [0.4, 0.5) is 27.4 Å². The van der Waals surface area contributed by atoms with Crippen molar-refractivity contribution in [3.63, 3.8) is 0 Å². The predicted molar refractivity (Wildman–Crippen MR) is 114 cm³/mol. The first-order valence-electron chi connectivity index (χ1n) is 9.91. The summed E-state index contributed by atoms with van der Waals surface area (Å²) in [6.07, 6.45) is 3.89. The van der Waals surface area contributed by atoms with Gasteiger partial charge in [0.25, 0.3) is 0 Å². The number of benzene rings is 2. The Hall–Kier alpha value is -3.28. The largest absolute Gasteiger partial charge is 0.355 e. The van der Waals surface area contributed by atoms with Crippen LogP contribution in [-0.4, -0.2) is 35.8 Å². The van der Waals surface area contributed by atoms with E-state index in [0.717, 1.165) is 65.8 Å². The van der Waals surface area contributed by atoms with Crippen LogP contribution >= 0.6 is 0 Å². The molecule has 1 saturated heterocycles. The van der Waals surface area contributed by atoms with E-state index in [-0.39, 0.29) is 5.82 Å². The molecule has 2 aromatic carbocycles. The van der Waals surface area contributed by atoms with Gasteiger partial charge in [0, 0.05) is 31.3 Å². The van der Waals surface area contributed by atoms with Crippen molar-refractivity contribution < 1.29 is 4.39 Å². The zero-order valence-corrected chi connectivity index (χ0v) is 16.6. The molecule has 0 N–H and O–H groups in total. The van der Waals surface area contributed by atoms with E-state index in [2.05, 4.69) is 33.9 Å². The summed E-state index contributed by atoms with van der Waals surface area (Å²) in [5, 5.41) is 0. The Balaban J connectivity index is 1.79. The van der Waals surface area contributed by atoms with E-state index in [4.69, 9.17) is 4.99 Å². The third-order valence-corrected chi connectivity index (χ3v) is 5.63. The summed E-state index contributed by atoms with van der Waals surface area (Å²) in [7, 11) is 1.95. The summed E-state index contributed by atoms with van der Waals surface area (Å²) in [6, 6.07) is 13.0. The smallest absolute Gasteiger partial charge is 0.164 e. The first-order valence-corrected chi connectivity index (χ1v) is 9.91. The van der Waals surface area contributed by atoms with Crippen molar-refractivity contribution >= 4 is 28.7 Å². The second-order valence-corrected chi connectivity index (χ2v) is 7.61. The molecule has 3 aromatic rings. The molecule has 0 bridgehead atoms. The van der Waals surface area contributed by atoms with Gasteiger partial charge in [-0.1, -0.05) is 29.8 Å². The minimum absolute atomic E-state index is 0.284. The summed E-state index contributed by atoms with van der Waals surface area (Å²) < 4.78 is 14.3. The molecule has 0 amide bonds. The van der Waals surface area contributed by atoms with Gasteiger partial charge in [-0.05, 0) is 38.0 Å². The van der Waals surface area contributed by atoms with Crippen LogP contribution in [0.15, 0.2) is 53.8 Å². The van der Waals surface area contributed by atoms with Crippen LogP contribution in [0.2, 0.25) is 0 Å². The summed E-state index contributed by atoms with van der Waals surface area (Å²) >= 11 is 0. The van der Waals surface area contributed by atoms with Crippen molar-refractivity contribution in [1.29, 1.82) is 0 Å². The molecule has 6 heteroatoms. The van der Waals surface area contributed by atoms with Crippen molar-refractivity contribution in [1.82, 2.24) is 9.97 Å². The summed E-state index contributed by atoms with van der Waals surface area (Å²) in [4.78, 5) is 18.4. The van der Waals surface area contributed by atoms with E-state index in [9.17, 15) is 4.39 Å². The Bertz CT molecular complexity index is 1100. The molecule has 5 rings (SSSR count). The SMILES string of the molecule is Cc1ccc(C2=Nc3c(N4CCCC4)ncnc3N(C)c3ccc(F)cc32)cc1. The molecule has 3 heterocycles. The molecule has 2 aliphatic heterocycles. The number of halogens is 1. The topological polar surface area (TPSA) is 44.6 Å². The van der Waals surface area contributed by atoms with Gasteiger partial charge in [-0.25, -0.2) is 19.4 Å². The second kappa shape index (κ2) is 6.95. The van der Waals surface area contributed by atoms with Crippen molar-refractivity contribution in [2.24, 2.45) is 4.99 Å². The van der Waals surface area contributed by atoms with Gasteiger partial charge in [-0.15, -0.1) is 0 Å². The molecule has 0 aliphatic carbocycles. The summed E-state index contributed by atoms with van der Waals surface area (Å²) in [5.74, 6) is 1.29. The van der Waals surface area contributed by atoms with Crippen molar-refractivity contribution in [2.45, 2.75) is 19.8 Å².